The molecule has 1 heterocycles. The third-order valence-corrected chi connectivity index (χ3v) is 4.11. The first-order valence-corrected chi connectivity index (χ1v) is 7.95. The second kappa shape index (κ2) is 6.74. The Bertz CT molecular complexity index is 757. The van der Waals surface area contributed by atoms with Crippen LogP contribution in [0, 0.1) is 0 Å². The fourth-order valence-corrected chi connectivity index (χ4v) is 2.86. The number of anilines is 1. The molecule has 5 nitrogen and oxygen atoms in total. The van der Waals surface area contributed by atoms with Gasteiger partial charge >= 0.3 is 5.97 Å². The fraction of sp³-hybridized carbons (Fsp3) is 0.263. The number of carbonyl (C=O) groups is 2. The van der Waals surface area contributed by atoms with Crippen molar-refractivity contribution >= 4 is 17.6 Å². The van der Waals surface area contributed by atoms with Crippen LogP contribution in [-0.4, -0.2) is 29.6 Å². The highest BCUT2D eigenvalue weighted by Crippen LogP contribution is 2.35. The lowest BCUT2D eigenvalue weighted by Gasteiger charge is -2.33. The zero-order valence-corrected chi connectivity index (χ0v) is 13.4. The summed E-state index contributed by atoms with van der Waals surface area (Å²) in [5.41, 5.74) is 2.02. The summed E-state index contributed by atoms with van der Waals surface area (Å²) in [4.78, 5) is 25.2. The fourth-order valence-electron chi connectivity index (χ4n) is 2.86. The minimum Gasteiger partial charge on any atom is -0.479 e. The molecule has 1 atom stereocenters. The van der Waals surface area contributed by atoms with Crippen molar-refractivity contribution < 1.29 is 19.4 Å². The third kappa shape index (κ3) is 3.25. The number of aromatic carboxylic acids is 1. The molecule has 1 aliphatic rings. The van der Waals surface area contributed by atoms with Crippen molar-refractivity contribution in [1.29, 1.82) is 0 Å². The number of carboxylic acids is 1. The average Bonchev–Trinajstić information content (AvgIpc) is 2.58. The summed E-state index contributed by atoms with van der Waals surface area (Å²) in [5.74, 6) is -0.665. The van der Waals surface area contributed by atoms with Crippen molar-refractivity contribution in [2.75, 3.05) is 11.4 Å². The lowest BCUT2D eigenvalue weighted by atomic mass is 10.1. The molecule has 0 spiro atoms. The van der Waals surface area contributed by atoms with Crippen LogP contribution in [0.25, 0.3) is 0 Å². The lowest BCUT2D eigenvalue weighted by molar-refractivity contribution is -0.125. The second-order valence-electron chi connectivity index (χ2n) is 5.83. The number of hydrogen-bond acceptors (Lipinski definition) is 3. The Morgan fingerprint density at radius 3 is 2.67 bits per heavy atom. The molecule has 0 aliphatic carbocycles. The van der Waals surface area contributed by atoms with Crippen molar-refractivity contribution in [3.05, 3.63) is 59.7 Å². The van der Waals surface area contributed by atoms with E-state index < -0.39 is 12.1 Å². The minimum atomic E-state index is -1.01. The molecule has 2 aromatic carbocycles. The van der Waals surface area contributed by atoms with E-state index in [1.165, 1.54) is 17.7 Å². The predicted octanol–water partition coefficient (Wildman–Crippen LogP) is 3.13. The van der Waals surface area contributed by atoms with E-state index in [2.05, 4.69) is 12.1 Å². The molecule has 24 heavy (non-hydrogen) atoms. The second-order valence-corrected chi connectivity index (χ2v) is 5.83. The molecular weight excluding hydrogens is 306 g/mol. The summed E-state index contributed by atoms with van der Waals surface area (Å²) in [6.45, 7) is 2.25. The number of benzene rings is 2. The van der Waals surface area contributed by atoms with E-state index in [-0.39, 0.29) is 11.5 Å². The van der Waals surface area contributed by atoms with Crippen LogP contribution in [0.15, 0.2) is 48.5 Å². The molecule has 5 heteroatoms. The van der Waals surface area contributed by atoms with Gasteiger partial charge < -0.3 is 14.7 Å². The number of hydrogen-bond donors (Lipinski definition) is 1. The van der Waals surface area contributed by atoms with Gasteiger partial charge in [0.25, 0.3) is 5.91 Å². The summed E-state index contributed by atoms with van der Waals surface area (Å²) >= 11 is 0. The van der Waals surface area contributed by atoms with E-state index in [1.807, 2.05) is 18.2 Å². The Morgan fingerprint density at radius 1 is 1.21 bits per heavy atom. The molecule has 0 bridgehead atoms. The highest BCUT2D eigenvalue weighted by Gasteiger charge is 2.31. The van der Waals surface area contributed by atoms with Crippen LogP contribution in [0.3, 0.4) is 0 Å². The summed E-state index contributed by atoms with van der Waals surface area (Å²) in [6, 6.07) is 14.7. The van der Waals surface area contributed by atoms with E-state index >= 15 is 0 Å². The number of fused-ring (bicyclic) bond motifs is 1. The smallest absolute Gasteiger partial charge is 0.335 e. The number of nitrogens with zero attached hydrogens (tertiary/aromatic N) is 1. The topological polar surface area (TPSA) is 66.8 Å². The molecule has 1 unspecified atom stereocenters. The van der Waals surface area contributed by atoms with Crippen LogP contribution in [0.4, 0.5) is 5.69 Å². The summed E-state index contributed by atoms with van der Waals surface area (Å²) in [6.07, 6.45) is 1.09. The Morgan fingerprint density at radius 2 is 1.96 bits per heavy atom. The van der Waals surface area contributed by atoms with Crippen LogP contribution in [0.5, 0.6) is 5.75 Å². The molecule has 1 aliphatic heterocycles. The van der Waals surface area contributed by atoms with Crippen LogP contribution in [0.1, 0.15) is 29.3 Å². The summed E-state index contributed by atoms with van der Waals surface area (Å²) in [5, 5.41) is 9.10. The first-order chi connectivity index (χ1) is 11.6. The number of carbonyl (C=O) groups excluding carboxylic acids is 1. The molecule has 0 saturated carbocycles. The van der Waals surface area contributed by atoms with E-state index in [4.69, 9.17) is 9.84 Å². The zero-order valence-electron chi connectivity index (χ0n) is 13.4. The van der Waals surface area contributed by atoms with Gasteiger partial charge in [-0.2, -0.15) is 0 Å². The van der Waals surface area contributed by atoms with Gasteiger partial charge in [0.1, 0.15) is 5.75 Å². The van der Waals surface area contributed by atoms with Crippen molar-refractivity contribution in [3.63, 3.8) is 0 Å². The molecule has 0 aromatic heterocycles. The maximum absolute atomic E-state index is 12.4. The van der Waals surface area contributed by atoms with Crippen LogP contribution in [-0.2, 0) is 11.2 Å². The Balaban J connectivity index is 1.77. The molecule has 0 radical (unpaired) electrons. The van der Waals surface area contributed by atoms with Crippen molar-refractivity contribution in [2.45, 2.75) is 25.9 Å². The predicted molar refractivity (Wildman–Crippen MR) is 90.6 cm³/mol. The quantitative estimate of drug-likeness (QED) is 0.917. The molecular formula is C19H19NO4. The number of amides is 1. The molecule has 0 saturated heterocycles. The number of rotatable bonds is 5. The van der Waals surface area contributed by atoms with Crippen molar-refractivity contribution in [1.82, 2.24) is 0 Å². The van der Waals surface area contributed by atoms with E-state index in [0.717, 1.165) is 12.8 Å². The van der Waals surface area contributed by atoms with E-state index in [9.17, 15) is 9.59 Å². The van der Waals surface area contributed by atoms with Gasteiger partial charge in [0.2, 0.25) is 0 Å². The van der Waals surface area contributed by atoms with Gasteiger partial charge in [-0.3, -0.25) is 4.79 Å². The summed E-state index contributed by atoms with van der Waals surface area (Å²) < 4.78 is 5.58. The average molecular weight is 325 g/mol. The van der Waals surface area contributed by atoms with Crippen molar-refractivity contribution in [3.8, 4) is 5.75 Å². The monoisotopic (exact) mass is 325 g/mol. The lowest BCUT2D eigenvalue weighted by Crippen LogP contribution is -2.45. The molecule has 124 valence electrons. The number of aryl methyl sites for hydroxylation is 1. The maximum Gasteiger partial charge on any atom is 0.335 e. The van der Waals surface area contributed by atoms with Crippen LogP contribution in [0.2, 0.25) is 0 Å². The first-order valence-electron chi connectivity index (χ1n) is 7.95. The third-order valence-electron chi connectivity index (χ3n) is 4.11. The standard InChI is InChI=1S/C19H19NO4/c1-13-18(21)20(11-5-8-14-6-3-2-4-7-14)16-10-9-15(19(22)23)12-17(16)24-13/h2-4,6-7,9-10,12-13H,5,8,11H2,1H3,(H,22,23). The SMILES string of the molecule is CC1Oc2cc(C(=O)O)ccc2N(CCCc2ccccc2)C1=O. The van der Waals surface area contributed by atoms with Crippen LogP contribution < -0.4 is 9.64 Å². The minimum absolute atomic E-state index is 0.0985. The van der Waals surface area contributed by atoms with Gasteiger partial charge in [0.15, 0.2) is 6.10 Å². The highest BCUT2D eigenvalue weighted by molar-refractivity contribution is 6.00. The molecule has 3 rings (SSSR count). The maximum atomic E-state index is 12.4. The Labute approximate surface area is 140 Å². The van der Waals surface area contributed by atoms with Gasteiger partial charge in [-0.05, 0) is 43.5 Å². The highest BCUT2D eigenvalue weighted by atomic mass is 16.5. The molecule has 2 aromatic rings. The Hall–Kier alpha value is -2.82. The molecule has 0 fully saturated rings. The van der Waals surface area contributed by atoms with E-state index in [1.54, 1.807) is 17.9 Å². The van der Waals surface area contributed by atoms with Gasteiger partial charge in [-0.1, -0.05) is 30.3 Å². The number of ether oxygens (including phenoxy) is 1. The van der Waals surface area contributed by atoms with Gasteiger partial charge in [-0.25, -0.2) is 4.79 Å². The van der Waals surface area contributed by atoms with Gasteiger partial charge in [0, 0.05) is 6.54 Å². The summed E-state index contributed by atoms with van der Waals surface area (Å²) in [7, 11) is 0. The van der Waals surface area contributed by atoms with Gasteiger partial charge in [0.05, 0.1) is 11.3 Å². The van der Waals surface area contributed by atoms with E-state index in [0.29, 0.717) is 18.0 Å². The molecule has 1 amide bonds. The Kier molecular flexibility index (Phi) is 4.51. The zero-order chi connectivity index (χ0) is 17.1. The number of carboxylic acid groups (broad SMARTS) is 1. The van der Waals surface area contributed by atoms with Crippen molar-refractivity contribution in [2.24, 2.45) is 0 Å². The normalized spacial score (nSPS) is 16.5. The largest absolute Gasteiger partial charge is 0.479 e. The first kappa shape index (κ1) is 16.1. The van der Waals surface area contributed by atoms with Gasteiger partial charge in [-0.15, -0.1) is 0 Å². The van der Waals surface area contributed by atoms with Crippen LogP contribution >= 0.6 is 0 Å². The molecule has 1 N–H and O–H groups in total.